The Morgan fingerprint density at radius 3 is 2.82 bits per heavy atom. The molecular weight excluding hydrogens is 414 g/mol. The number of hydrogen-bond donors (Lipinski definition) is 2. The Hall–Kier alpha value is -2.41. The van der Waals surface area contributed by atoms with Gasteiger partial charge in [0, 0.05) is 31.9 Å². The summed E-state index contributed by atoms with van der Waals surface area (Å²) in [5, 5.41) is 3.19. The standard InChI is InChI=1S/C26H37N5O2/c1-26(2)18-10-9-17(21(26)12-18)15-28-25(33)22-7-5-8-23-29-19(16-31(22)23)13-24(32)30-11-4-3-6-20(30)14-27/h5,7-8,16-18,20-21H,3-4,6,9-15,27H2,1-2H3,(H,28,33)/t17-,18+,20?,21-/m0/s1. The highest BCUT2D eigenvalue weighted by Gasteiger charge is 2.53. The highest BCUT2D eigenvalue weighted by molar-refractivity contribution is 5.93. The smallest absolute Gasteiger partial charge is 0.268 e. The molecule has 178 valence electrons. The maximum absolute atomic E-state index is 13.1. The fourth-order valence-corrected chi connectivity index (χ4v) is 6.68. The zero-order valence-electron chi connectivity index (χ0n) is 19.9. The van der Waals surface area contributed by atoms with Crippen molar-refractivity contribution >= 4 is 17.5 Å². The van der Waals surface area contributed by atoms with E-state index in [0.29, 0.717) is 40.8 Å². The van der Waals surface area contributed by atoms with Crippen molar-refractivity contribution in [2.24, 2.45) is 28.9 Å². The van der Waals surface area contributed by atoms with Crippen LogP contribution in [0.25, 0.3) is 5.65 Å². The molecule has 2 aromatic heterocycles. The molecule has 7 heteroatoms. The van der Waals surface area contributed by atoms with Crippen LogP contribution in [0.1, 0.15) is 68.6 Å². The Balaban J connectivity index is 1.26. The molecule has 1 unspecified atom stereocenters. The SMILES string of the molecule is CC1(C)[C@@H]2CC[C@@H](CNC(=O)c3cccc4nc(CC(=O)N5CCCCC5CN)cn34)[C@@H]1C2. The first-order valence-electron chi connectivity index (χ1n) is 12.6. The average Bonchev–Trinajstić information content (AvgIpc) is 3.24. The number of amides is 2. The molecule has 1 aliphatic heterocycles. The van der Waals surface area contributed by atoms with Crippen molar-refractivity contribution in [1.82, 2.24) is 19.6 Å². The van der Waals surface area contributed by atoms with Gasteiger partial charge in [0.2, 0.25) is 5.91 Å². The molecule has 4 aliphatic rings. The third-order valence-electron chi connectivity index (χ3n) is 8.85. The summed E-state index contributed by atoms with van der Waals surface area (Å²) >= 11 is 0. The third-order valence-corrected chi connectivity index (χ3v) is 8.85. The van der Waals surface area contributed by atoms with E-state index < -0.39 is 0 Å². The molecule has 3 aliphatic carbocycles. The van der Waals surface area contributed by atoms with Crippen LogP contribution in [0.2, 0.25) is 0 Å². The van der Waals surface area contributed by atoms with Crippen molar-refractivity contribution in [3.63, 3.8) is 0 Å². The molecule has 0 spiro atoms. The maximum Gasteiger partial charge on any atom is 0.268 e. The number of likely N-dealkylation sites (tertiary alicyclic amines) is 1. The van der Waals surface area contributed by atoms with Gasteiger partial charge in [0.1, 0.15) is 11.3 Å². The number of carbonyl (C=O) groups is 2. The molecule has 6 rings (SSSR count). The number of nitrogens with two attached hydrogens (primary N) is 1. The Labute approximate surface area is 196 Å². The monoisotopic (exact) mass is 451 g/mol. The number of rotatable bonds is 6. The van der Waals surface area contributed by atoms with Crippen LogP contribution >= 0.6 is 0 Å². The predicted octanol–water partition coefficient (Wildman–Crippen LogP) is 3.02. The van der Waals surface area contributed by atoms with Crippen LogP contribution in [-0.4, -0.2) is 51.8 Å². The predicted molar refractivity (Wildman–Crippen MR) is 128 cm³/mol. The number of pyridine rings is 1. The van der Waals surface area contributed by atoms with Crippen molar-refractivity contribution in [3.05, 3.63) is 35.8 Å². The molecule has 1 saturated heterocycles. The van der Waals surface area contributed by atoms with Gasteiger partial charge in [-0.25, -0.2) is 4.98 Å². The van der Waals surface area contributed by atoms with E-state index in [1.54, 1.807) is 0 Å². The molecule has 2 aromatic rings. The first-order valence-corrected chi connectivity index (χ1v) is 12.6. The summed E-state index contributed by atoms with van der Waals surface area (Å²) in [5.74, 6) is 2.13. The molecule has 4 atom stereocenters. The molecule has 2 bridgehead atoms. The first-order chi connectivity index (χ1) is 15.9. The lowest BCUT2D eigenvalue weighted by Crippen LogP contribution is -2.54. The molecule has 3 heterocycles. The van der Waals surface area contributed by atoms with Crippen LogP contribution < -0.4 is 11.1 Å². The van der Waals surface area contributed by atoms with Gasteiger partial charge in [0.05, 0.1) is 12.1 Å². The number of nitrogens with one attached hydrogen (secondary N) is 1. The molecule has 0 aromatic carbocycles. The van der Waals surface area contributed by atoms with Gasteiger partial charge in [-0.3, -0.25) is 14.0 Å². The molecule has 2 amide bonds. The molecule has 7 nitrogen and oxygen atoms in total. The second-order valence-electron chi connectivity index (χ2n) is 10.9. The van der Waals surface area contributed by atoms with E-state index in [4.69, 9.17) is 5.73 Å². The van der Waals surface area contributed by atoms with Crippen LogP contribution in [0, 0.1) is 23.2 Å². The molecule has 4 fully saturated rings. The third kappa shape index (κ3) is 4.05. The minimum atomic E-state index is -0.0747. The lowest BCUT2D eigenvalue weighted by atomic mass is 9.45. The minimum absolute atomic E-state index is 0.0678. The Bertz CT molecular complexity index is 1040. The summed E-state index contributed by atoms with van der Waals surface area (Å²) in [6.07, 6.45) is 8.99. The van der Waals surface area contributed by atoms with Gasteiger partial charge >= 0.3 is 0 Å². The number of fused-ring (bicyclic) bond motifs is 3. The highest BCUT2D eigenvalue weighted by atomic mass is 16.2. The highest BCUT2D eigenvalue weighted by Crippen LogP contribution is 2.61. The van der Waals surface area contributed by atoms with Crippen LogP contribution in [0.5, 0.6) is 0 Å². The van der Waals surface area contributed by atoms with Gasteiger partial charge in [-0.1, -0.05) is 19.9 Å². The number of hydrogen-bond acceptors (Lipinski definition) is 4. The maximum atomic E-state index is 13.1. The number of aromatic nitrogens is 2. The molecule has 3 N–H and O–H groups in total. The van der Waals surface area contributed by atoms with Gasteiger partial charge < -0.3 is 16.0 Å². The van der Waals surface area contributed by atoms with Gasteiger partial charge in [-0.2, -0.15) is 0 Å². The first kappa shape index (κ1) is 22.4. The summed E-state index contributed by atoms with van der Waals surface area (Å²) in [6.45, 7) is 6.76. The van der Waals surface area contributed by atoms with Crippen molar-refractivity contribution in [1.29, 1.82) is 0 Å². The van der Waals surface area contributed by atoms with Crippen molar-refractivity contribution in [2.75, 3.05) is 19.6 Å². The zero-order chi connectivity index (χ0) is 23.2. The van der Waals surface area contributed by atoms with Crippen LogP contribution in [0.3, 0.4) is 0 Å². The minimum Gasteiger partial charge on any atom is -0.350 e. The lowest BCUT2D eigenvalue weighted by molar-refractivity contribution is -0.133. The number of piperidine rings is 1. The van der Waals surface area contributed by atoms with Crippen molar-refractivity contribution < 1.29 is 9.59 Å². The summed E-state index contributed by atoms with van der Waals surface area (Å²) in [6, 6.07) is 5.69. The average molecular weight is 452 g/mol. The summed E-state index contributed by atoms with van der Waals surface area (Å²) in [4.78, 5) is 32.6. The van der Waals surface area contributed by atoms with E-state index in [2.05, 4.69) is 24.1 Å². The zero-order valence-corrected chi connectivity index (χ0v) is 19.9. The van der Waals surface area contributed by atoms with Gasteiger partial charge in [0.15, 0.2) is 0 Å². The molecule has 3 saturated carbocycles. The second kappa shape index (κ2) is 8.75. The van der Waals surface area contributed by atoms with Crippen molar-refractivity contribution in [2.45, 2.75) is 64.8 Å². The second-order valence-corrected chi connectivity index (χ2v) is 10.9. The van der Waals surface area contributed by atoms with E-state index in [1.807, 2.05) is 33.7 Å². The van der Waals surface area contributed by atoms with E-state index in [9.17, 15) is 9.59 Å². The fourth-order valence-electron chi connectivity index (χ4n) is 6.68. The molecular formula is C26H37N5O2. The summed E-state index contributed by atoms with van der Waals surface area (Å²) in [7, 11) is 0. The Morgan fingerprint density at radius 2 is 2.06 bits per heavy atom. The largest absolute Gasteiger partial charge is 0.350 e. The number of carbonyl (C=O) groups excluding carboxylic acids is 2. The van der Waals surface area contributed by atoms with E-state index in [0.717, 1.165) is 38.3 Å². The Kier molecular flexibility index (Phi) is 5.93. The van der Waals surface area contributed by atoms with Gasteiger partial charge in [0.25, 0.3) is 5.91 Å². The topological polar surface area (TPSA) is 92.7 Å². The van der Waals surface area contributed by atoms with E-state index in [1.165, 1.54) is 19.3 Å². The van der Waals surface area contributed by atoms with Crippen LogP contribution in [0.15, 0.2) is 24.4 Å². The fraction of sp³-hybridized carbons (Fsp3) is 0.654. The van der Waals surface area contributed by atoms with Crippen LogP contribution in [0.4, 0.5) is 0 Å². The van der Waals surface area contributed by atoms with Crippen molar-refractivity contribution in [3.8, 4) is 0 Å². The Morgan fingerprint density at radius 1 is 1.21 bits per heavy atom. The molecule has 33 heavy (non-hydrogen) atoms. The van der Waals surface area contributed by atoms with Crippen LogP contribution in [-0.2, 0) is 11.2 Å². The molecule has 0 radical (unpaired) electrons. The van der Waals surface area contributed by atoms with E-state index >= 15 is 0 Å². The lowest BCUT2D eigenvalue weighted by Gasteiger charge is -2.60. The number of imidazole rings is 1. The quantitative estimate of drug-likeness (QED) is 0.706. The normalized spacial score (nSPS) is 28.4. The van der Waals surface area contributed by atoms with Gasteiger partial charge in [-0.15, -0.1) is 0 Å². The summed E-state index contributed by atoms with van der Waals surface area (Å²) in [5.41, 5.74) is 8.26. The number of nitrogens with zero attached hydrogens (tertiary/aromatic N) is 3. The van der Waals surface area contributed by atoms with Gasteiger partial charge in [-0.05, 0) is 73.8 Å². The van der Waals surface area contributed by atoms with E-state index in [-0.39, 0.29) is 24.3 Å². The summed E-state index contributed by atoms with van der Waals surface area (Å²) < 4.78 is 1.82.